The molecule has 2 nitrogen and oxygen atoms in total. The van der Waals surface area contributed by atoms with Gasteiger partial charge in [-0.15, -0.1) is 11.3 Å². The molecule has 0 saturated heterocycles. The summed E-state index contributed by atoms with van der Waals surface area (Å²) >= 11 is 1.95. The summed E-state index contributed by atoms with van der Waals surface area (Å²) in [6, 6.07) is 35.5. The Hall–Kier alpha value is -4.54. The van der Waals surface area contributed by atoms with E-state index in [0.29, 0.717) is 5.92 Å². The van der Waals surface area contributed by atoms with Crippen LogP contribution in [0.2, 0.25) is 0 Å². The predicted octanol–water partition coefficient (Wildman–Crippen LogP) is 8.58. The maximum absolute atomic E-state index is 6.36. The molecule has 4 heteroatoms. The van der Waals surface area contributed by atoms with Crippen molar-refractivity contribution in [1.29, 1.82) is 0 Å². The number of furan rings is 1. The summed E-state index contributed by atoms with van der Waals surface area (Å²) in [5.74, 6) is 0.341. The number of aromatic nitrogens is 1. The van der Waals surface area contributed by atoms with Gasteiger partial charge in [0.1, 0.15) is 5.58 Å². The Morgan fingerprint density at radius 3 is 2.54 bits per heavy atom. The zero-order valence-electron chi connectivity index (χ0n) is 22.4. The molecule has 0 saturated carbocycles. The van der Waals surface area contributed by atoms with Crippen molar-refractivity contribution in [3.05, 3.63) is 119 Å². The molecule has 5 aromatic carbocycles. The normalized spacial score (nSPS) is 15.3. The monoisotopic (exact) mass is 540 g/mol. The standard InChI is InChI=1S/C37H23BNOS/c1-19-16-26(21-10-6-12-24-34(21)39-35-22-9-2-4-14-30(22)40-36(24)35)33-27(17-19)25-18-28-20-8-3-5-15-31(20)41-37(28)23-11-7-13-29(38-33)32(23)25/h2-17,25,39H,18H2,1H3. The average Bonchev–Trinajstić information content (AvgIpc) is 3.67. The van der Waals surface area contributed by atoms with Gasteiger partial charge in [-0.2, -0.15) is 0 Å². The summed E-state index contributed by atoms with van der Waals surface area (Å²) in [6.07, 6.45) is 1.04. The van der Waals surface area contributed by atoms with Crippen molar-refractivity contribution >= 4 is 72.6 Å². The number of thiophene rings is 1. The van der Waals surface area contributed by atoms with E-state index in [1.54, 1.807) is 0 Å². The fourth-order valence-corrected chi connectivity index (χ4v) is 8.90. The molecule has 0 fully saturated rings. The van der Waals surface area contributed by atoms with Gasteiger partial charge < -0.3 is 9.40 Å². The second kappa shape index (κ2) is 7.81. The first-order valence-corrected chi connectivity index (χ1v) is 15.1. The molecule has 3 aromatic heterocycles. The van der Waals surface area contributed by atoms with E-state index in [4.69, 9.17) is 4.42 Å². The Bertz CT molecular complexity index is 2400. The van der Waals surface area contributed by atoms with Crippen molar-refractivity contribution in [3.8, 4) is 21.6 Å². The van der Waals surface area contributed by atoms with E-state index in [1.807, 2.05) is 23.5 Å². The lowest BCUT2D eigenvalue weighted by Crippen LogP contribution is -2.42. The third-order valence-corrected chi connectivity index (χ3v) is 10.6. The summed E-state index contributed by atoms with van der Waals surface area (Å²) in [4.78, 5) is 5.24. The van der Waals surface area contributed by atoms with Gasteiger partial charge in [-0.25, -0.2) is 0 Å². The van der Waals surface area contributed by atoms with Gasteiger partial charge in [0.15, 0.2) is 12.9 Å². The van der Waals surface area contributed by atoms with Crippen LogP contribution >= 0.6 is 11.3 Å². The quantitative estimate of drug-likeness (QED) is 0.208. The largest absolute Gasteiger partial charge is 0.454 e. The van der Waals surface area contributed by atoms with Crippen molar-refractivity contribution in [2.24, 2.45) is 0 Å². The lowest BCUT2D eigenvalue weighted by molar-refractivity contribution is 0.673. The Morgan fingerprint density at radius 2 is 1.59 bits per heavy atom. The van der Waals surface area contributed by atoms with E-state index in [1.165, 1.54) is 64.8 Å². The lowest BCUT2D eigenvalue weighted by Gasteiger charge is -2.35. The second-order valence-corrected chi connectivity index (χ2v) is 12.6. The van der Waals surface area contributed by atoms with Crippen LogP contribution in [0.15, 0.2) is 101 Å². The number of nitrogens with one attached hydrogen (secondary N) is 1. The molecule has 4 heterocycles. The van der Waals surface area contributed by atoms with Crippen LogP contribution in [-0.4, -0.2) is 12.3 Å². The van der Waals surface area contributed by atoms with E-state index in [0.717, 1.165) is 39.4 Å². The first-order valence-electron chi connectivity index (χ1n) is 14.3. The van der Waals surface area contributed by atoms with Crippen LogP contribution in [0, 0.1) is 6.92 Å². The summed E-state index contributed by atoms with van der Waals surface area (Å²) < 4.78 is 7.74. The summed E-state index contributed by atoms with van der Waals surface area (Å²) in [5, 5.41) is 3.68. The number of hydrogen-bond acceptors (Lipinski definition) is 2. The summed E-state index contributed by atoms with van der Waals surface area (Å²) in [7, 11) is 2.44. The topological polar surface area (TPSA) is 28.9 Å². The van der Waals surface area contributed by atoms with Gasteiger partial charge in [0.05, 0.1) is 11.0 Å². The van der Waals surface area contributed by atoms with E-state index in [-0.39, 0.29) is 0 Å². The van der Waals surface area contributed by atoms with Crippen LogP contribution in [0.4, 0.5) is 0 Å². The summed E-state index contributed by atoms with van der Waals surface area (Å²) in [6.45, 7) is 2.24. The number of aromatic amines is 1. The minimum atomic E-state index is 0.341. The molecule has 1 N–H and O–H groups in total. The number of rotatable bonds is 1. The molecule has 1 aliphatic heterocycles. The number of para-hydroxylation sites is 2. The maximum Gasteiger partial charge on any atom is 0.193 e. The molecule has 8 aromatic rings. The fourth-order valence-electron chi connectivity index (χ4n) is 7.62. The zero-order valence-corrected chi connectivity index (χ0v) is 23.2. The third-order valence-electron chi connectivity index (χ3n) is 9.32. The first-order chi connectivity index (χ1) is 20.2. The Balaban J connectivity index is 1.23. The first kappa shape index (κ1) is 22.2. The van der Waals surface area contributed by atoms with Crippen molar-refractivity contribution in [2.45, 2.75) is 19.3 Å². The van der Waals surface area contributed by atoms with Crippen LogP contribution in [0.25, 0.3) is 64.6 Å². The van der Waals surface area contributed by atoms with Crippen LogP contribution < -0.4 is 10.9 Å². The molecular formula is C37H23BNOS. The molecular weight excluding hydrogens is 517 g/mol. The maximum atomic E-state index is 6.36. The SMILES string of the molecule is Cc1cc(-c2cccc3c2[nH]c2c4ccccc4oc32)c2c(c1)C1Cc3c(sc4ccccc34)-c3cccc(c31)[B]2. The van der Waals surface area contributed by atoms with Crippen LogP contribution in [0.5, 0.6) is 0 Å². The lowest BCUT2D eigenvalue weighted by atomic mass is 9.50. The number of benzene rings is 5. The van der Waals surface area contributed by atoms with E-state index in [2.05, 4.69) is 104 Å². The highest BCUT2D eigenvalue weighted by atomic mass is 32.1. The van der Waals surface area contributed by atoms with Gasteiger partial charge in [0.2, 0.25) is 0 Å². The minimum absolute atomic E-state index is 0.341. The molecule has 10 rings (SSSR count). The summed E-state index contributed by atoms with van der Waals surface area (Å²) in [5.41, 5.74) is 16.5. The molecule has 1 atom stereocenters. The van der Waals surface area contributed by atoms with Gasteiger partial charge in [0, 0.05) is 31.8 Å². The Morgan fingerprint density at radius 1 is 0.780 bits per heavy atom. The highest BCUT2D eigenvalue weighted by Crippen LogP contribution is 2.50. The molecule has 0 amide bonds. The van der Waals surface area contributed by atoms with Crippen molar-refractivity contribution < 1.29 is 4.42 Å². The number of hydrogen-bond donors (Lipinski definition) is 1. The van der Waals surface area contributed by atoms with Gasteiger partial charge in [-0.1, -0.05) is 89.3 Å². The molecule has 1 unspecified atom stereocenters. The molecule has 0 bridgehead atoms. The number of aryl methyl sites for hydroxylation is 1. The van der Waals surface area contributed by atoms with E-state index < -0.39 is 0 Å². The predicted molar refractivity (Wildman–Crippen MR) is 174 cm³/mol. The van der Waals surface area contributed by atoms with Crippen LogP contribution in [0.1, 0.15) is 28.2 Å². The van der Waals surface area contributed by atoms with Crippen molar-refractivity contribution in [1.82, 2.24) is 4.98 Å². The zero-order chi connectivity index (χ0) is 26.8. The van der Waals surface area contributed by atoms with Crippen LogP contribution in [-0.2, 0) is 6.42 Å². The molecule has 1 aliphatic carbocycles. The van der Waals surface area contributed by atoms with Crippen molar-refractivity contribution in [3.63, 3.8) is 0 Å². The smallest absolute Gasteiger partial charge is 0.193 e. The van der Waals surface area contributed by atoms with Gasteiger partial charge >= 0.3 is 0 Å². The van der Waals surface area contributed by atoms with E-state index >= 15 is 0 Å². The molecule has 0 spiro atoms. The van der Waals surface area contributed by atoms with Crippen molar-refractivity contribution in [2.75, 3.05) is 0 Å². The molecule has 2 aliphatic rings. The fraction of sp³-hybridized carbons (Fsp3) is 0.0811. The molecule has 191 valence electrons. The number of H-pyrrole nitrogens is 1. The highest BCUT2D eigenvalue weighted by Gasteiger charge is 2.36. The van der Waals surface area contributed by atoms with Gasteiger partial charge in [0.25, 0.3) is 0 Å². The molecule has 41 heavy (non-hydrogen) atoms. The van der Waals surface area contributed by atoms with Crippen LogP contribution in [0.3, 0.4) is 0 Å². The number of fused-ring (bicyclic) bond motifs is 11. The average molecular weight is 540 g/mol. The van der Waals surface area contributed by atoms with E-state index in [9.17, 15) is 0 Å². The third kappa shape index (κ3) is 2.88. The molecule has 1 radical (unpaired) electrons. The van der Waals surface area contributed by atoms with Gasteiger partial charge in [-0.05, 0) is 70.8 Å². The highest BCUT2D eigenvalue weighted by molar-refractivity contribution is 7.22. The minimum Gasteiger partial charge on any atom is -0.454 e. The van der Waals surface area contributed by atoms with Gasteiger partial charge in [-0.3, -0.25) is 0 Å². The Labute approximate surface area is 241 Å². The second-order valence-electron chi connectivity index (χ2n) is 11.6. The Kier molecular flexibility index (Phi) is 4.22.